The fraction of sp³-hybridized carbons (Fsp3) is 0.909. The van der Waals surface area contributed by atoms with Crippen LogP contribution in [0.15, 0.2) is 0 Å². The number of rotatable bonds is 4. The first-order valence-electron chi connectivity index (χ1n) is 10.1. The van der Waals surface area contributed by atoms with Crippen LogP contribution >= 0.6 is 0 Å². The third-order valence-electron chi connectivity index (χ3n) is 6.66. The first-order valence-corrected chi connectivity index (χ1v) is 17.3. The Bertz CT molecular complexity index is 311. The van der Waals surface area contributed by atoms with Crippen molar-refractivity contribution in [1.29, 1.82) is 0 Å². The smallest absolute Gasteiger partial charge is 0.358 e. The van der Waals surface area contributed by atoms with Crippen molar-refractivity contribution in [3.05, 3.63) is 14.9 Å². The summed E-state index contributed by atoms with van der Waals surface area (Å²) in [7, 11) is -1.59. The summed E-state index contributed by atoms with van der Waals surface area (Å²) in [5.41, 5.74) is 2.26. The number of hydrogen-bond acceptors (Lipinski definition) is 0. The van der Waals surface area contributed by atoms with Crippen LogP contribution in [0.25, 0.3) is 0 Å². The first kappa shape index (κ1) is 30.7. The normalized spacial score (nSPS) is 26.6. The van der Waals surface area contributed by atoms with Crippen LogP contribution in [0.4, 0.5) is 0 Å². The second-order valence-corrected chi connectivity index (χ2v) is 21.2. The molecular formula is C22H50FeSi2. The van der Waals surface area contributed by atoms with Gasteiger partial charge in [0, 0.05) is 16.1 Å². The Morgan fingerprint density at radius 2 is 1.16 bits per heavy atom. The summed E-state index contributed by atoms with van der Waals surface area (Å²) >= 11 is 0. The molecule has 3 unspecified atom stereocenters. The minimum atomic E-state index is -0.866. The second kappa shape index (κ2) is 13.2. The van der Waals surface area contributed by atoms with Crippen LogP contribution in [0, 0.1) is 26.7 Å². The van der Waals surface area contributed by atoms with Crippen molar-refractivity contribution in [3.63, 3.8) is 0 Å². The summed E-state index contributed by atoms with van der Waals surface area (Å²) in [5, 5.41) is 0. The fourth-order valence-electron chi connectivity index (χ4n) is 5.14. The summed E-state index contributed by atoms with van der Waals surface area (Å²) in [6.07, 6.45) is 12.0. The molecule has 0 aromatic heterocycles. The van der Waals surface area contributed by atoms with Crippen LogP contribution in [0.3, 0.4) is 0 Å². The van der Waals surface area contributed by atoms with Crippen LogP contribution in [0.1, 0.15) is 65.2 Å². The summed E-state index contributed by atoms with van der Waals surface area (Å²) in [5.74, 6) is 2.12. The van der Waals surface area contributed by atoms with Gasteiger partial charge in [0.2, 0.25) is 0 Å². The molecule has 3 heteroatoms. The zero-order chi connectivity index (χ0) is 17.0. The maximum Gasteiger partial charge on any atom is 2.00 e. The minimum Gasteiger partial charge on any atom is -0.358 e. The zero-order valence-electron chi connectivity index (χ0n) is 19.3. The van der Waals surface area contributed by atoms with Gasteiger partial charge < -0.3 is 14.9 Å². The molecule has 0 amide bonds. The van der Waals surface area contributed by atoms with Crippen LogP contribution in [-0.2, 0) is 17.1 Å². The molecule has 0 spiro atoms. The van der Waals surface area contributed by atoms with Crippen molar-refractivity contribution in [3.8, 4) is 0 Å². The Morgan fingerprint density at radius 1 is 0.680 bits per heavy atom. The van der Waals surface area contributed by atoms with Gasteiger partial charge in [0.25, 0.3) is 0 Å². The van der Waals surface area contributed by atoms with Gasteiger partial charge in [0.1, 0.15) is 0 Å². The van der Waals surface area contributed by atoms with Crippen molar-refractivity contribution in [2.45, 2.75) is 116 Å². The van der Waals surface area contributed by atoms with Crippen LogP contribution in [0.2, 0.25) is 50.4 Å². The molecule has 25 heavy (non-hydrogen) atoms. The molecule has 0 heterocycles. The third kappa shape index (κ3) is 9.63. The topological polar surface area (TPSA) is 0 Å². The summed E-state index contributed by atoms with van der Waals surface area (Å²) < 4.78 is 0. The largest absolute Gasteiger partial charge is 2.00 e. The molecule has 0 nitrogen and oxygen atoms in total. The van der Waals surface area contributed by atoms with E-state index in [2.05, 4.69) is 53.1 Å². The zero-order valence-corrected chi connectivity index (χ0v) is 22.4. The van der Waals surface area contributed by atoms with E-state index in [1.165, 1.54) is 51.4 Å². The molecule has 2 aliphatic carbocycles. The van der Waals surface area contributed by atoms with Crippen LogP contribution in [0.5, 0.6) is 0 Å². The van der Waals surface area contributed by atoms with E-state index in [1.807, 2.05) is 0 Å². The van der Waals surface area contributed by atoms with Gasteiger partial charge in [0.05, 0.1) is 0 Å². The monoisotopic (exact) mass is 426 g/mol. The molecule has 2 saturated carbocycles. The van der Waals surface area contributed by atoms with Gasteiger partial charge in [0.15, 0.2) is 0 Å². The Kier molecular flexibility index (Phi) is 16.2. The second-order valence-electron chi connectivity index (χ2n) is 10.1. The Hall–Kier alpha value is 0.953. The van der Waals surface area contributed by atoms with Gasteiger partial charge in [-0.1, -0.05) is 104 Å². The van der Waals surface area contributed by atoms with Crippen molar-refractivity contribution >= 4 is 16.1 Å². The molecule has 3 atom stereocenters. The maximum atomic E-state index is 2.55. The van der Waals surface area contributed by atoms with Gasteiger partial charge in [-0.15, -0.1) is 0 Å². The summed E-state index contributed by atoms with van der Waals surface area (Å²) in [6, 6.07) is 0. The van der Waals surface area contributed by atoms with E-state index in [0.717, 1.165) is 22.9 Å². The van der Waals surface area contributed by atoms with E-state index in [1.54, 1.807) is 0 Å². The molecule has 2 rings (SSSR count). The van der Waals surface area contributed by atoms with Gasteiger partial charge >= 0.3 is 17.1 Å². The average Bonchev–Trinajstić information content (AvgIpc) is 3.06. The van der Waals surface area contributed by atoms with Crippen molar-refractivity contribution in [1.82, 2.24) is 0 Å². The van der Waals surface area contributed by atoms with Gasteiger partial charge in [-0.3, -0.25) is 0 Å². The van der Waals surface area contributed by atoms with Crippen molar-refractivity contribution in [2.75, 3.05) is 0 Å². The maximum absolute atomic E-state index is 2.55. The quantitative estimate of drug-likeness (QED) is 0.311. The SMILES string of the molecule is CCC1CCC([Si](C)(C)C)C1CC.C[Si](C)(C)C1CCCC1.[CH3-].[CH3-].[Fe+2]. The van der Waals surface area contributed by atoms with E-state index >= 15 is 0 Å². The molecule has 0 bridgehead atoms. The van der Waals surface area contributed by atoms with E-state index in [9.17, 15) is 0 Å². The Balaban J connectivity index is -0.000000362. The molecule has 0 aromatic rings. The summed E-state index contributed by atoms with van der Waals surface area (Å²) in [4.78, 5) is 0. The molecule has 0 saturated heterocycles. The predicted octanol–water partition coefficient (Wildman–Crippen LogP) is 8.71. The predicted molar refractivity (Wildman–Crippen MR) is 122 cm³/mol. The molecule has 154 valence electrons. The Morgan fingerprint density at radius 3 is 1.44 bits per heavy atom. The van der Waals surface area contributed by atoms with Gasteiger partial charge in [-0.05, 0) is 22.9 Å². The average molecular weight is 427 g/mol. The molecular weight excluding hydrogens is 376 g/mol. The van der Waals surface area contributed by atoms with Crippen LogP contribution in [-0.4, -0.2) is 16.1 Å². The van der Waals surface area contributed by atoms with E-state index in [4.69, 9.17) is 0 Å². The van der Waals surface area contributed by atoms with E-state index < -0.39 is 16.1 Å². The van der Waals surface area contributed by atoms with Gasteiger partial charge in [-0.2, -0.15) is 0 Å². The molecule has 0 aliphatic heterocycles. The first-order chi connectivity index (χ1) is 10.1. The molecule has 0 N–H and O–H groups in total. The van der Waals surface area contributed by atoms with Crippen LogP contribution < -0.4 is 0 Å². The van der Waals surface area contributed by atoms with E-state index in [-0.39, 0.29) is 31.9 Å². The van der Waals surface area contributed by atoms with Gasteiger partial charge in [-0.25, -0.2) is 0 Å². The molecule has 0 radical (unpaired) electrons. The Labute approximate surface area is 175 Å². The number of hydrogen-bond donors (Lipinski definition) is 0. The van der Waals surface area contributed by atoms with Crippen molar-refractivity contribution < 1.29 is 17.1 Å². The molecule has 2 fully saturated rings. The fourth-order valence-corrected chi connectivity index (χ4v) is 10.1. The molecule has 2 aliphatic rings. The van der Waals surface area contributed by atoms with Crippen molar-refractivity contribution in [2.24, 2.45) is 11.8 Å². The van der Waals surface area contributed by atoms with E-state index in [0.29, 0.717) is 0 Å². The summed E-state index contributed by atoms with van der Waals surface area (Å²) in [6.45, 7) is 19.9. The minimum absolute atomic E-state index is 0. The standard InChI is InChI=1S/C12H26Si.C8H18Si.2CH3.Fe/c1-6-10-8-9-12(11(10)7-2)13(3,4)5;1-9(2,3)8-6-4-5-7-8;;;/h10-12H,6-9H2,1-5H3;8H,4-7H2,1-3H3;2*1H3;/q;;2*-1;+2. The molecule has 0 aromatic carbocycles. The third-order valence-corrected chi connectivity index (χ3v) is 12.6.